The first-order valence-electron chi connectivity index (χ1n) is 11.2. The van der Waals surface area contributed by atoms with Gasteiger partial charge in [0, 0.05) is 56.6 Å². The van der Waals surface area contributed by atoms with E-state index >= 15 is 0 Å². The van der Waals surface area contributed by atoms with Gasteiger partial charge >= 0.3 is 0 Å². The van der Waals surface area contributed by atoms with Crippen LogP contribution in [-0.4, -0.2) is 70.1 Å². The zero-order chi connectivity index (χ0) is 21.4. The van der Waals surface area contributed by atoms with Gasteiger partial charge in [-0.2, -0.15) is 5.26 Å². The highest BCUT2D eigenvalue weighted by atomic mass is 32.2. The number of nitrogens with zero attached hydrogens (tertiary/aromatic N) is 4. The molecule has 164 valence electrons. The Hall–Kier alpha value is -1.78. The van der Waals surface area contributed by atoms with Crippen LogP contribution in [0.3, 0.4) is 0 Å². The van der Waals surface area contributed by atoms with Gasteiger partial charge in [-0.1, -0.05) is 13.8 Å². The van der Waals surface area contributed by atoms with E-state index in [1.807, 2.05) is 0 Å². The van der Waals surface area contributed by atoms with E-state index in [0.717, 1.165) is 38.3 Å². The lowest BCUT2D eigenvalue weighted by molar-refractivity contribution is 0.190. The number of benzene rings is 1. The Labute approximate surface area is 181 Å². The first-order valence-corrected chi connectivity index (χ1v) is 13.0. The maximum atomic E-state index is 11.7. The van der Waals surface area contributed by atoms with Gasteiger partial charge in [0.1, 0.15) is 0 Å². The number of sulfone groups is 1. The molecule has 1 aromatic rings. The standard InChI is InChI=1S/C23H34N4O2S/c1-23(2)15-19-16-25(10-4-3-9-24)18-22(23)27(17-19)21-7-5-20(6-8-21)26-11-13-30(28,29)14-12-26/h5-8,19,22H,3-4,10-18H2,1-2H3/t19?,22-/m1/s1. The second-order valence-corrected chi connectivity index (χ2v) is 12.2. The van der Waals surface area contributed by atoms with Crippen molar-refractivity contribution < 1.29 is 8.42 Å². The SMILES string of the molecule is CC1(C)CC2CN(CCCC#N)C[C@H]1N(c1ccc(N3CCS(=O)(=O)CC3)cc1)C2. The summed E-state index contributed by atoms with van der Waals surface area (Å²) in [5, 5.41) is 8.87. The number of piperidine rings is 1. The van der Waals surface area contributed by atoms with Gasteiger partial charge in [0.15, 0.2) is 9.84 Å². The van der Waals surface area contributed by atoms with Gasteiger partial charge in [-0.15, -0.1) is 0 Å². The zero-order valence-corrected chi connectivity index (χ0v) is 19.1. The molecule has 0 aromatic heterocycles. The molecule has 30 heavy (non-hydrogen) atoms. The number of hydrogen-bond acceptors (Lipinski definition) is 6. The molecule has 4 aliphatic rings. The number of fused-ring (bicyclic) bond motifs is 4. The average Bonchev–Trinajstić information content (AvgIpc) is 2.95. The van der Waals surface area contributed by atoms with E-state index in [4.69, 9.17) is 5.26 Å². The topological polar surface area (TPSA) is 67.7 Å². The van der Waals surface area contributed by atoms with Crippen molar-refractivity contribution in [3.8, 4) is 6.07 Å². The lowest BCUT2D eigenvalue weighted by atomic mass is 9.73. The van der Waals surface area contributed by atoms with Crippen molar-refractivity contribution in [3.05, 3.63) is 24.3 Å². The van der Waals surface area contributed by atoms with Gasteiger partial charge in [0.05, 0.1) is 17.6 Å². The van der Waals surface area contributed by atoms with Gasteiger partial charge in [-0.05, 0) is 55.0 Å². The number of hydrogen-bond donors (Lipinski definition) is 0. The number of anilines is 2. The highest BCUT2D eigenvalue weighted by molar-refractivity contribution is 7.91. The molecule has 4 aliphatic heterocycles. The predicted molar refractivity (Wildman–Crippen MR) is 122 cm³/mol. The molecular weight excluding hydrogens is 396 g/mol. The molecule has 1 aromatic carbocycles. The number of unbranched alkanes of at least 4 members (excludes halogenated alkanes) is 1. The normalized spacial score (nSPS) is 28.2. The van der Waals surface area contributed by atoms with E-state index in [0.29, 0.717) is 31.5 Å². The molecule has 2 atom stereocenters. The van der Waals surface area contributed by atoms with Gasteiger partial charge in [0.25, 0.3) is 0 Å². The second-order valence-electron chi connectivity index (χ2n) is 9.90. The van der Waals surface area contributed by atoms with Crippen molar-refractivity contribution in [1.29, 1.82) is 5.26 Å². The van der Waals surface area contributed by atoms with Crippen LogP contribution >= 0.6 is 0 Å². The van der Waals surface area contributed by atoms with Gasteiger partial charge < -0.3 is 14.7 Å². The predicted octanol–water partition coefficient (Wildman–Crippen LogP) is 2.76. The summed E-state index contributed by atoms with van der Waals surface area (Å²) in [5.74, 6) is 1.15. The average molecular weight is 431 g/mol. The van der Waals surface area contributed by atoms with E-state index in [1.165, 1.54) is 12.1 Å². The molecule has 4 heterocycles. The quantitative estimate of drug-likeness (QED) is 0.669. The Balaban J connectivity index is 1.49. The highest BCUT2D eigenvalue weighted by Gasteiger charge is 2.45. The van der Waals surface area contributed by atoms with Crippen molar-refractivity contribution in [2.75, 3.05) is 60.6 Å². The van der Waals surface area contributed by atoms with Crippen molar-refractivity contribution in [2.24, 2.45) is 11.3 Å². The first-order chi connectivity index (χ1) is 14.3. The Morgan fingerprint density at radius 2 is 1.73 bits per heavy atom. The number of rotatable bonds is 5. The zero-order valence-electron chi connectivity index (χ0n) is 18.3. The molecule has 5 rings (SSSR count). The summed E-state index contributed by atoms with van der Waals surface area (Å²) in [6.45, 7) is 10.3. The number of nitriles is 1. The molecule has 0 spiro atoms. The van der Waals surface area contributed by atoms with Gasteiger partial charge in [-0.3, -0.25) is 0 Å². The molecule has 0 N–H and O–H groups in total. The van der Waals surface area contributed by atoms with Crippen LogP contribution in [0.15, 0.2) is 24.3 Å². The lowest BCUT2D eigenvalue weighted by Gasteiger charge is -2.48. The molecule has 4 saturated heterocycles. The fourth-order valence-electron chi connectivity index (χ4n) is 5.60. The lowest BCUT2D eigenvalue weighted by Crippen LogP contribution is -2.53. The minimum atomic E-state index is -2.86. The van der Waals surface area contributed by atoms with Gasteiger partial charge in [-0.25, -0.2) is 8.42 Å². The van der Waals surface area contributed by atoms with Crippen LogP contribution in [0.25, 0.3) is 0 Å². The van der Waals surface area contributed by atoms with E-state index < -0.39 is 9.84 Å². The Bertz CT molecular complexity index is 877. The van der Waals surface area contributed by atoms with Crippen molar-refractivity contribution in [2.45, 2.75) is 39.2 Å². The molecule has 2 bridgehead atoms. The van der Waals surface area contributed by atoms with Crippen molar-refractivity contribution >= 4 is 21.2 Å². The van der Waals surface area contributed by atoms with Crippen LogP contribution in [0.4, 0.5) is 11.4 Å². The van der Waals surface area contributed by atoms with Crippen LogP contribution in [0, 0.1) is 22.7 Å². The molecule has 0 amide bonds. The summed E-state index contributed by atoms with van der Waals surface area (Å²) in [6, 6.07) is 11.5. The molecule has 4 fully saturated rings. The van der Waals surface area contributed by atoms with Crippen LogP contribution in [0.1, 0.15) is 33.1 Å². The van der Waals surface area contributed by atoms with Crippen LogP contribution in [-0.2, 0) is 9.84 Å². The van der Waals surface area contributed by atoms with Crippen LogP contribution in [0.2, 0.25) is 0 Å². The Morgan fingerprint density at radius 3 is 2.40 bits per heavy atom. The van der Waals surface area contributed by atoms with Crippen molar-refractivity contribution in [3.63, 3.8) is 0 Å². The molecule has 1 unspecified atom stereocenters. The molecule has 0 saturated carbocycles. The Kier molecular flexibility index (Phi) is 6.00. The van der Waals surface area contributed by atoms with Gasteiger partial charge in [0.2, 0.25) is 0 Å². The third kappa shape index (κ3) is 4.60. The second kappa shape index (κ2) is 8.39. The van der Waals surface area contributed by atoms with Crippen molar-refractivity contribution in [1.82, 2.24) is 4.90 Å². The summed E-state index contributed by atoms with van der Waals surface area (Å²) in [5.41, 5.74) is 2.64. The summed E-state index contributed by atoms with van der Waals surface area (Å²) in [4.78, 5) is 7.35. The smallest absolute Gasteiger partial charge is 0.153 e. The Morgan fingerprint density at radius 1 is 1.07 bits per heavy atom. The summed E-state index contributed by atoms with van der Waals surface area (Å²) >= 11 is 0. The molecule has 6 nitrogen and oxygen atoms in total. The van der Waals surface area contributed by atoms with E-state index in [-0.39, 0.29) is 16.9 Å². The molecule has 7 heteroatoms. The largest absolute Gasteiger partial charge is 0.369 e. The minimum Gasteiger partial charge on any atom is -0.369 e. The van der Waals surface area contributed by atoms with Crippen LogP contribution in [0.5, 0.6) is 0 Å². The first kappa shape index (κ1) is 21.5. The highest BCUT2D eigenvalue weighted by Crippen LogP contribution is 2.43. The van der Waals surface area contributed by atoms with E-state index in [2.05, 4.69) is 58.9 Å². The third-order valence-electron chi connectivity index (χ3n) is 7.15. The third-order valence-corrected chi connectivity index (χ3v) is 8.76. The maximum Gasteiger partial charge on any atom is 0.153 e. The van der Waals surface area contributed by atoms with Crippen LogP contribution < -0.4 is 9.80 Å². The molecular formula is C23H34N4O2S. The molecule has 0 aliphatic carbocycles. The maximum absolute atomic E-state index is 11.7. The summed E-state index contributed by atoms with van der Waals surface area (Å²) in [7, 11) is -2.86. The van der Waals surface area contributed by atoms with E-state index in [1.54, 1.807) is 0 Å². The fourth-order valence-corrected chi connectivity index (χ4v) is 6.80. The van der Waals surface area contributed by atoms with E-state index in [9.17, 15) is 8.42 Å². The monoisotopic (exact) mass is 430 g/mol. The summed E-state index contributed by atoms with van der Waals surface area (Å²) in [6.07, 6.45) is 2.85. The fraction of sp³-hybridized carbons (Fsp3) is 0.696. The minimum absolute atomic E-state index is 0.250. The molecule has 0 radical (unpaired) electrons. The summed E-state index contributed by atoms with van der Waals surface area (Å²) < 4.78 is 23.4.